The zero-order chi connectivity index (χ0) is 11.1. The third-order valence-electron chi connectivity index (χ3n) is 2.77. The van der Waals surface area contributed by atoms with Crippen molar-refractivity contribution >= 4 is 33.4 Å². The normalized spacial score (nSPS) is 11.1. The van der Waals surface area contributed by atoms with E-state index in [2.05, 4.69) is 24.0 Å². The average molecular weight is 228 g/mol. The highest BCUT2D eigenvalue weighted by Crippen LogP contribution is 2.30. The van der Waals surface area contributed by atoms with Gasteiger partial charge in [0.1, 0.15) is 0 Å². The van der Waals surface area contributed by atoms with E-state index in [0.717, 1.165) is 26.8 Å². The number of pyridine rings is 1. The van der Waals surface area contributed by atoms with E-state index in [-0.39, 0.29) is 0 Å². The number of halogens is 1. The van der Waals surface area contributed by atoms with Crippen molar-refractivity contribution in [3.63, 3.8) is 0 Å². The molecule has 0 saturated carbocycles. The van der Waals surface area contributed by atoms with Crippen LogP contribution in [0.4, 0.5) is 0 Å². The van der Waals surface area contributed by atoms with Gasteiger partial charge in [-0.3, -0.25) is 0 Å². The van der Waals surface area contributed by atoms with E-state index in [4.69, 9.17) is 11.6 Å². The predicted octanol–water partition coefficient (Wildman–Crippen LogP) is 4.35. The van der Waals surface area contributed by atoms with Gasteiger partial charge in [0.25, 0.3) is 0 Å². The fourth-order valence-electron chi connectivity index (χ4n) is 1.95. The number of hydrogen-bond acceptors (Lipinski definition) is 1. The zero-order valence-corrected chi connectivity index (χ0v) is 9.62. The second kappa shape index (κ2) is 3.46. The fraction of sp³-hybridized carbons (Fsp3) is 0.0714. The zero-order valence-electron chi connectivity index (χ0n) is 8.87. The molecular weight excluding hydrogens is 218 g/mol. The predicted molar refractivity (Wildman–Crippen MR) is 69.0 cm³/mol. The molecule has 16 heavy (non-hydrogen) atoms. The Bertz CT molecular complexity index is 689. The van der Waals surface area contributed by atoms with Crippen LogP contribution in [0.2, 0.25) is 5.02 Å². The summed E-state index contributed by atoms with van der Waals surface area (Å²) in [5, 5.41) is 2.84. The smallest absolute Gasteiger partial charge is 0.0724 e. The van der Waals surface area contributed by atoms with Gasteiger partial charge in [-0.05, 0) is 25.1 Å². The van der Waals surface area contributed by atoms with Crippen molar-refractivity contribution in [2.75, 3.05) is 0 Å². The highest BCUT2D eigenvalue weighted by molar-refractivity contribution is 6.40. The first-order valence-electron chi connectivity index (χ1n) is 5.20. The summed E-state index contributed by atoms with van der Waals surface area (Å²) in [4.78, 5) is 4.60. The maximum Gasteiger partial charge on any atom is 0.0724 e. The molecule has 2 aromatic carbocycles. The lowest BCUT2D eigenvalue weighted by atomic mass is 10.1. The molecule has 78 valence electrons. The highest BCUT2D eigenvalue weighted by Gasteiger charge is 2.06. The van der Waals surface area contributed by atoms with Crippen LogP contribution in [0.1, 0.15) is 5.56 Å². The number of benzene rings is 2. The summed E-state index contributed by atoms with van der Waals surface area (Å²) in [5.41, 5.74) is 3.10. The number of fused-ring (bicyclic) bond motifs is 2. The standard InChI is InChI=1S/C14H10ClN/c1-9-6-7-13-11(8-9)14(15)10-4-2-3-5-12(10)16-13/h2-8H,1H3. The monoisotopic (exact) mass is 227 g/mol. The molecule has 3 rings (SSSR count). The van der Waals surface area contributed by atoms with E-state index in [1.54, 1.807) is 0 Å². The van der Waals surface area contributed by atoms with Crippen LogP contribution in [0.3, 0.4) is 0 Å². The van der Waals surface area contributed by atoms with Crippen molar-refractivity contribution in [1.82, 2.24) is 4.98 Å². The molecule has 0 aliphatic heterocycles. The highest BCUT2D eigenvalue weighted by atomic mass is 35.5. The maximum atomic E-state index is 6.41. The Kier molecular flexibility index (Phi) is 2.08. The SMILES string of the molecule is Cc1ccc2nc3ccccc3c(Cl)c2c1. The van der Waals surface area contributed by atoms with Crippen LogP contribution in [0, 0.1) is 6.92 Å². The van der Waals surface area contributed by atoms with Gasteiger partial charge in [-0.2, -0.15) is 0 Å². The first kappa shape index (κ1) is 9.61. The van der Waals surface area contributed by atoms with Gasteiger partial charge in [0.15, 0.2) is 0 Å². The largest absolute Gasteiger partial charge is 0.248 e. The second-order valence-electron chi connectivity index (χ2n) is 3.96. The Morgan fingerprint density at radius 2 is 1.69 bits per heavy atom. The van der Waals surface area contributed by atoms with Crippen LogP contribution in [0.25, 0.3) is 21.8 Å². The Morgan fingerprint density at radius 3 is 2.56 bits per heavy atom. The molecule has 0 unspecified atom stereocenters. The molecule has 0 N–H and O–H groups in total. The van der Waals surface area contributed by atoms with Crippen LogP contribution in [0.5, 0.6) is 0 Å². The van der Waals surface area contributed by atoms with Gasteiger partial charge in [-0.15, -0.1) is 0 Å². The third kappa shape index (κ3) is 1.36. The number of rotatable bonds is 0. The van der Waals surface area contributed by atoms with Crippen molar-refractivity contribution in [2.24, 2.45) is 0 Å². The van der Waals surface area contributed by atoms with Crippen molar-refractivity contribution < 1.29 is 0 Å². The Hall–Kier alpha value is -1.60. The van der Waals surface area contributed by atoms with Crippen molar-refractivity contribution in [2.45, 2.75) is 6.92 Å². The van der Waals surface area contributed by atoms with Gasteiger partial charge in [0.05, 0.1) is 16.1 Å². The van der Waals surface area contributed by atoms with Gasteiger partial charge < -0.3 is 0 Å². The fourth-order valence-corrected chi connectivity index (χ4v) is 2.27. The molecule has 0 bridgehead atoms. The quantitative estimate of drug-likeness (QED) is 0.521. The molecule has 1 heterocycles. The van der Waals surface area contributed by atoms with E-state index in [9.17, 15) is 0 Å². The molecule has 0 aliphatic rings. The summed E-state index contributed by atoms with van der Waals surface area (Å²) < 4.78 is 0. The molecule has 2 heteroatoms. The van der Waals surface area contributed by atoms with Crippen LogP contribution in [0.15, 0.2) is 42.5 Å². The summed E-state index contributed by atoms with van der Waals surface area (Å²) in [7, 11) is 0. The van der Waals surface area contributed by atoms with Gasteiger partial charge in [0.2, 0.25) is 0 Å². The number of para-hydroxylation sites is 1. The minimum atomic E-state index is 0.796. The number of aryl methyl sites for hydroxylation is 1. The maximum absolute atomic E-state index is 6.41. The summed E-state index contributed by atoms with van der Waals surface area (Å²) in [5.74, 6) is 0. The Morgan fingerprint density at radius 1 is 0.938 bits per heavy atom. The molecule has 0 spiro atoms. The van der Waals surface area contributed by atoms with Gasteiger partial charge in [0, 0.05) is 10.8 Å². The summed E-state index contributed by atoms with van der Waals surface area (Å²) >= 11 is 6.41. The molecule has 3 aromatic rings. The van der Waals surface area contributed by atoms with E-state index < -0.39 is 0 Å². The minimum Gasteiger partial charge on any atom is -0.248 e. The van der Waals surface area contributed by atoms with E-state index in [0.29, 0.717) is 0 Å². The van der Waals surface area contributed by atoms with E-state index in [1.807, 2.05) is 30.3 Å². The van der Waals surface area contributed by atoms with E-state index >= 15 is 0 Å². The third-order valence-corrected chi connectivity index (χ3v) is 3.18. The summed E-state index contributed by atoms with van der Waals surface area (Å²) in [6.45, 7) is 2.06. The van der Waals surface area contributed by atoms with Crippen molar-refractivity contribution in [1.29, 1.82) is 0 Å². The summed E-state index contributed by atoms with van der Waals surface area (Å²) in [6.07, 6.45) is 0. The topological polar surface area (TPSA) is 12.9 Å². The van der Waals surface area contributed by atoms with Crippen LogP contribution >= 0.6 is 11.6 Å². The number of nitrogens with zero attached hydrogens (tertiary/aromatic N) is 1. The van der Waals surface area contributed by atoms with Crippen LogP contribution < -0.4 is 0 Å². The minimum absolute atomic E-state index is 0.796. The van der Waals surface area contributed by atoms with Crippen LogP contribution in [-0.2, 0) is 0 Å². The van der Waals surface area contributed by atoms with Crippen molar-refractivity contribution in [3.8, 4) is 0 Å². The van der Waals surface area contributed by atoms with Gasteiger partial charge >= 0.3 is 0 Å². The number of aromatic nitrogens is 1. The molecular formula is C14H10ClN. The lowest BCUT2D eigenvalue weighted by molar-refractivity contribution is 1.45. The molecule has 0 aliphatic carbocycles. The average Bonchev–Trinajstić information content (AvgIpc) is 2.31. The van der Waals surface area contributed by atoms with Gasteiger partial charge in [-0.1, -0.05) is 41.4 Å². The second-order valence-corrected chi connectivity index (χ2v) is 4.34. The summed E-state index contributed by atoms with van der Waals surface area (Å²) in [6, 6.07) is 14.1. The Balaban J connectivity index is 2.56. The first-order valence-corrected chi connectivity index (χ1v) is 5.58. The van der Waals surface area contributed by atoms with E-state index in [1.165, 1.54) is 5.56 Å². The molecule has 1 aromatic heterocycles. The number of hydrogen-bond donors (Lipinski definition) is 0. The lowest BCUT2D eigenvalue weighted by Gasteiger charge is -2.05. The molecule has 0 amide bonds. The molecule has 1 nitrogen and oxygen atoms in total. The molecule has 0 fully saturated rings. The van der Waals surface area contributed by atoms with Gasteiger partial charge in [-0.25, -0.2) is 4.98 Å². The first-order chi connectivity index (χ1) is 7.75. The van der Waals surface area contributed by atoms with Crippen LogP contribution in [-0.4, -0.2) is 4.98 Å². The van der Waals surface area contributed by atoms with Crippen molar-refractivity contribution in [3.05, 3.63) is 53.1 Å². The Labute approximate surface area is 98.7 Å². The lowest BCUT2D eigenvalue weighted by Crippen LogP contribution is -1.85. The molecule has 0 radical (unpaired) electrons. The molecule has 0 atom stereocenters. The molecule has 0 saturated heterocycles.